The molecule has 0 saturated heterocycles. The first-order valence-corrected chi connectivity index (χ1v) is 12.0. The summed E-state index contributed by atoms with van der Waals surface area (Å²) >= 11 is 0. The van der Waals surface area contributed by atoms with Gasteiger partial charge in [-0.3, -0.25) is 4.79 Å². The van der Waals surface area contributed by atoms with Crippen LogP contribution in [0.2, 0.25) is 0 Å². The van der Waals surface area contributed by atoms with Crippen LogP contribution in [0.3, 0.4) is 0 Å². The molecule has 3 saturated carbocycles. The van der Waals surface area contributed by atoms with Crippen LogP contribution in [0.25, 0.3) is 11.4 Å². The second-order valence-corrected chi connectivity index (χ2v) is 9.86. The van der Waals surface area contributed by atoms with Crippen LogP contribution in [0.4, 0.5) is 4.79 Å². The van der Waals surface area contributed by atoms with Gasteiger partial charge < -0.3 is 19.5 Å². The molecule has 4 atom stereocenters. The lowest BCUT2D eigenvalue weighted by Crippen LogP contribution is -2.34. The van der Waals surface area contributed by atoms with Gasteiger partial charge in [0.05, 0.1) is 17.3 Å². The van der Waals surface area contributed by atoms with Crippen molar-refractivity contribution in [3.05, 3.63) is 23.5 Å². The van der Waals surface area contributed by atoms with Gasteiger partial charge in [-0.15, -0.1) is 5.10 Å². The zero-order valence-electron chi connectivity index (χ0n) is 19.8. The molecule has 0 aliphatic heterocycles. The van der Waals surface area contributed by atoms with Crippen LogP contribution in [-0.4, -0.2) is 61.7 Å². The Morgan fingerprint density at radius 2 is 2.03 bits per heavy atom. The van der Waals surface area contributed by atoms with E-state index in [0.29, 0.717) is 41.0 Å². The number of rotatable bonds is 8. The van der Waals surface area contributed by atoms with E-state index in [9.17, 15) is 14.7 Å². The van der Waals surface area contributed by atoms with Crippen molar-refractivity contribution in [2.24, 2.45) is 30.7 Å². The van der Waals surface area contributed by atoms with E-state index in [1.807, 2.05) is 19.1 Å². The number of aliphatic carboxylic acids is 1. The number of carboxylic acids is 1. The van der Waals surface area contributed by atoms with Crippen LogP contribution < -0.4 is 4.74 Å². The third-order valence-corrected chi connectivity index (χ3v) is 7.63. The number of carboxylic acid groups (broad SMARTS) is 1. The number of ether oxygens (including phenoxy) is 2. The Labute approximate surface area is 198 Å². The molecule has 0 bridgehead atoms. The molecule has 3 aliphatic carbocycles. The highest BCUT2D eigenvalue weighted by atomic mass is 16.6. The van der Waals surface area contributed by atoms with Crippen LogP contribution in [0, 0.1) is 30.6 Å². The normalized spacial score (nSPS) is 25.4. The van der Waals surface area contributed by atoms with Gasteiger partial charge in [-0.2, -0.15) is 0 Å². The lowest BCUT2D eigenvalue weighted by Gasteiger charge is -2.29. The third-order valence-electron chi connectivity index (χ3n) is 7.63. The zero-order valence-corrected chi connectivity index (χ0v) is 19.8. The maximum atomic E-state index is 12.4. The summed E-state index contributed by atoms with van der Waals surface area (Å²) in [6, 6.07) is 3.66. The number of fused-ring (bicyclic) bond motifs is 1. The lowest BCUT2D eigenvalue weighted by molar-refractivity contribution is -0.139. The fourth-order valence-corrected chi connectivity index (χ4v) is 5.40. The Balaban J connectivity index is 1.24. The van der Waals surface area contributed by atoms with Crippen molar-refractivity contribution in [1.29, 1.82) is 0 Å². The van der Waals surface area contributed by atoms with Crippen LogP contribution in [0.15, 0.2) is 12.1 Å². The Bertz CT molecular complexity index is 1100. The summed E-state index contributed by atoms with van der Waals surface area (Å²) in [4.78, 5) is 30.1. The van der Waals surface area contributed by atoms with Crippen molar-refractivity contribution in [3.8, 4) is 17.1 Å². The van der Waals surface area contributed by atoms with Gasteiger partial charge in [0, 0.05) is 26.6 Å². The van der Waals surface area contributed by atoms with Gasteiger partial charge in [-0.25, -0.2) is 14.5 Å². The number of amides is 1. The summed E-state index contributed by atoms with van der Waals surface area (Å²) in [6.07, 6.45) is 4.89. The van der Waals surface area contributed by atoms with E-state index in [1.54, 1.807) is 23.7 Å². The summed E-state index contributed by atoms with van der Waals surface area (Å²) in [7, 11) is 3.52. The van der Waals surface area contributed by atoms with Crippen molar-refractivity contribution in [1.82, 2.24) is 24.9 Å². The van der Waals surface area contributed by atoms with Crippen LogP contribution in [0.5, 0.6) is 5.75 Å². The molecule has 2 aromatic rings. The average Bonchev–Trinajstić information content (AvgIpc) is 3.19. The minimum absolute atomic E-state index is 0.0490. The largest absolute Gasteiger partial charge is 0.488 e. The molecular weight excluding hydrogens is 438 g/mol. The fourth-order valence-electron chi connectivity index (χ4n) is 5.40. The SMILES string of the molecule is Cc1nc(-c2nnn(C)c2COC(=O)N(C)CC2CCC2)ccc1O[C@@H]1CC[C@H]2C(C(=O)O)[C@@H]12. The molecule has 5 rings (SSSR count). The number of hydrogen-bond acceptors (Lipinski definition) is 7. The minimum atomic E-state index is -0.724. The van der Waals surface area contributed by atoms with Gasteiger partial charge in [0.1, 0.15) is 29.8 Å². The van der Waals surface area contributed by atoms with Gasteiger partial charge in [-0.05, 0) is 56.6 Å². The third kappa shape index (κ3) is 4.21. The van der Waals surface area contributed by atoms with E-state index < -0.39 is 5.97 Å². The molecule has 0 radical (unpaired) electrons. The van der Waals surface area contributed by atoms with E-state index in [0.717, 1.165) is 12.8 Å². The van der Waals surface area contributed by atoms with E-state index in [-0.39, 0.29) is 36.6 Å². The lowest BCUT2D eigenvalue weighted by atomic mass is 9.85. The van der Waals surface area contributed by atoms with Gasteiger partial charge >= 0.3 is 12.1 Å². The number of carbonyl (C=O) groups is 2. The molecular formula is C24H31N5O5. The summed E-state index contributed by atoms with van der Waals surface area (Å²) in [5.74, 6) is 0.569. The Morgan fingerprint density at radius 3 is 2.68 bits per heavy atom. The molecule has 2 aromatic heterocycles. The van der Waals surface area contributed by atoms with E-state index >= 15 is 0 Å². The Hall–Kier alpha value is -3.17. The molecule has 3 aliphatic rings. The summed E-state index contributed by atoms with van der Waals surface area (Å²) in [6.45, 7) is 2.62. The number of hydrogen-bond donors (Lipinski definition) is 1. The molecule has 0 spiro atoms. The molecule has 1 N–H and O–H groups in total. The highest BCUT2D eigenvalue weighted by Gasteiger charge is 2.63. The fraction of sp³-hybridized carbons (Fsp3) is 0.625. The number of pyridine rings is 1. The molecule has 1 unspecified atom stereocenters. The Kier molecular flexibility index (Phi) is 5.91. The standard InChI is InChI=1S/C24H31N5O5/c1-13-18(34-19-9-7-15-20(19)21(15)23(30)31)10-8-16(25-13)22-17(29(3)27-26-22)12-33-24(32)28(2)11-14-5-4-6-14/h8,10,14-15,19-21H,4-7,9,11-12H2,1-3H3,(H,30,31)/t15-,19-,20-,21?/m1/s1. The topological polar surface area (TPSA) is 120 Å². The predicted molar refractivity (Wildman–Crippen MR) is 121 cm³/mol. The Morgan fingerprint density at radius 1 is 1.24 bits per heavy atom. The van der Waals surface area contributed by atoms with Crippen molar-refractivity contribution in [3.63, 3.8) is 0 Å². The van der Waals surface area contributed by atoms with Gasteiger partial charge in [0.15, 0.2) is 0 Å². The first-order chi connectivity index (χ1) is 16.3. The van der Waals surface area contributed by atoms with Crippen molar-refractivity contribution >= 4 is 12.1 Å². The smallest absolute Gasteiger partial charge is 0.409 e. The average molecular weight is 470 g/mol. The van der Waals surface area contributed by atoms with E-state index in [1.165, 1.54) is 19.3 Å². The quantitative estimate of drug-likeness (QED) is 0.626. The van der Waals surface area contributed by atoms with E-state index in [4.69, 9.17) is 9.47 Å². The minimum Gasteiger partial charge on any atom is -0.488 e. The van der Waals surface area contributed by atoms with Gasteiger partial charge in [0.2, 0.25) is 0 Å². The zero-order chi connectivity index (χ0) is 24.0. The number of aryl methyl sites for hydroxylation is 2. The van der Waals surface area contributed by atoms with Gasteiger partial charge in [-0.1, -0.05) is 11.6 Å². The van der Waals surface area contributed by atoms with Crippen molar-refractivity contribution in [2.75, 3.05) is 13.6 Å². The molecule has 34 heavy (non-hydrogen) atoms. The van der Waals surface area contributed by atoms with Crippen molar-refractivity contribution < 1.29 is 24.2 Å². The first-order valence-electron chi connectivity index (χ1n) is 12.0. The predicted octanol–water partition coefficient (Wildman–Crippen LogP) is 3.04. The molecule has 3 fully saturated rings. The molecule has 2 heterocycles. The second-order valence-electron chi connectivity index (χ2n) is 9.86. The molecule has 1 amide bonds. The molecule has 10 heteroatoms. The maximum Gasteiger partial charge on any atom is 0.409 e. The number of aromatic nitrogens is 4. The van der Waals surface area contributed by atoms with Crippen LogP contribution >= 0.6 is 0 Å². The van der Waals surface area contributed by atoms with Crippen molar-refractivity contribution in [2.45, 2.75) is 51.7 Å². The first kappa shape index (κ1) is 22.6. The summed E-state index contributed by atoms with van der Waals surface area (Å²) < 4.78 is 13.3. The van der Waals surface area contributed by atoms with Crippen LogP contribution in [0.1, 0.15) is 43.5 Å². The highest BCUT2D eigenvalue weighted by Crippen LogP contribution is 2.58. The van der Waals surface area contributed by atoms with E-state index in [2.05, 4.69) is 15.3 Å². The number of nitrogens with zero attached hydrogens (tertiary/aromatic N) is 5. The number of carbonyl (C=O) groups excluding carboxylic acids is 1. The second kappa shape index (κ2) is 8.88. The summed E-state index contributed by atoms with van der Waals surface area (Å²) in [5.41, 5.74) is 2.53. The maximum absolute atomic E-state index is 12.4. The molecule has 10 nitrogen and oxygen atoms in total. The monoisotopic (exact) mass is 469 g/mol. The molecule has 0 aromatic carbocycles. The van der Waals surface area contributed by atoms with Crippen LogP contribution in [-0.2, 0) is 23.2 Å². The summed E-state index contributed by atoms with van der Waals surface area (Å²) in [5, 5.41) is 17.7. The highest BCUT2D eigenvalue weighted by molar-refractivity contribution is 5.75. The van der Waals surface area contributed by atoms with Gasteiger partial charge in [0.25, 0.3) is 0 Å². The molecule has 182 valence electrons.